The Morgan fingerprint density at radius 1 is 1.21 bits per heavy atom. The summed E-state index contributed by atoms with van der Waals surface area (Å²) in [6, 6.07) is 2.94. The van der Waals surface area contributed by atoms with E-state index in [9.17, 15) is 8.42 Å². The Morgan fingerprint density at radius 3 is 2.53 bits per heavy atom. The molecule has 0 radical (unpaired) electrons. The average molecular weight is 345 g/mol. The Balaban J connectivity index is 2.42. The van der Waals surface area contributed by atoms with E-state index in [1.165, 1.54) is 24.7 Å². The van der Waals surface area contributed by atoms with Crippen LogP contribution in [0.1, 0.15) is 0 Å². The van der Waals surface area contributed by atoms with Gasteiger partial charge in [0.1, 0.15) is 4.90 Å². The molecule has 4 N–H and O–H groups in total. The largest absolute Gasteiger partial charge is 0.307 e. The van der Waals surface area contributed by atoms with Gasteiger partial charge in [0.25, 0.3) is 10.0 Å². The minimum Gasteiger partial charge on any atom is -0.307 e. The van der Waals surface area contributed by atoms with Crippen LogP contribution in [0.5, 0.6) is 0 Å². The molecule has 0 atom stereocenters. The second-order valence-corrected chi connectivity index (χ2v) is 5.89. The van der Waals surface area contributed by atoms with E-state index >= 15 is 0 Å². The summed E-state index contributed by atoms with van der Waals surface area (Å²) in [5.74, 6) is 5.22. The number of hydrazine groups is 1. The molecule has 0 amide bonds. The van der Waals surface area contributed by atoms with Crippen molar-refractivity contribution in [3.05, 3.63) is 35.2 Å². The van der Waals surface area contributed by atoms with Crippen LogP contribution in [0.15, 0.2) is 40.1 Å². The summed E-state index contributed by atoms with van der Waals surface area (Å²) in [4.78, 5) is 11.3. The summed E-state index contributed by atoms with van der Waals surface area (Å²) in [7, 11) is -3.89. The molecule has 19 heavy (non-hydrogen) atoms. The minimum absolute atomic E-state index is 0.0200. The van der Waals surface area contributed by atoms with Crippen LogP contribution in [0.4, 0.5) is 11.8 Å². The number of nitrogens with zero attached hydrogens (tertiary/aromatic N) is 3. The van der Waals surface area contributed by atoms with Gasteiger partial charge in [-0.2, -0.15) is 0 Å². The van der Waals surface area contributed by atoms with E-state index in [1.807, 2.05) is 0 Å². The zero-order valence-corrected chi connectivity index (χ0v) is 11.8. The van der Waals surface area contributed by atoms with E-state index < -0.39 is 10.0 Å². The van der Waals surface area contributed by atoms with Crippen molar-refractivity contribution in [3.63, 3.8) is 0 Å². The highest BCUT2D eigenvalue weighted by Gasteiger charge is 2.21. The molecule has 0 unspecified atom stereocenters. The lowest BCUT2D eigenvalue weighted by Crippen LogP contribution is -2.19. The monoisotopic (exact) mass is 344 g/mol. The smallest absolute Gasteiger partial charge is 0.267 e. The highest BCUT2D eigenvalue weighted by atomic mass is 79.9. The van der Waals surface area contributed by atoms with Gasteiger partial charge >= 0.3 is 0 Å². The van der Waals surface area contributed by atoms with Gasteiger partial charge in [-0.1, -0.05) is 0 Å². The van der Waals surface area contributed by atoms with Crippen molar-refractivity contribution in [1.82, 2.24) is 15.0 Å². The average Bonchev–Trinajstić information content (AvgIpc) is 2.39. The molecule has 0 saturated carbocycles. The van der Waals surface area contributed by atoms with E-state index in [0.717, 1.165) is 0 Å². The number of nitrogens with two attached hydrogens (primary N) is 1. The van der Waals surface area contributed by atoms with Crippen LogP contribution in [-0.2, 0) is 10.0 Å². The summed E-state index contributed by atoms with van der Waals surface area (Å²) in [6.45, 7) is 0. The number of pyridine rings is 1. The fourth-order valence-electron chi connectivity index (χ4n) is 1.26. The third kappa shape index (κ3) is 3.16. The topological polar surface area (TPSA) is 123 Å². The van der Waals surface area contributed by atoms with Gasteiger partial charge in [-0.15, -0.1) is 0 Å². The molecule has 0 aliphatic rings. The standard InChI is InChI=1S/C9H9BrN6O2S/c10-6-4-7(8(15-11)14-5-6)19(17,18)16-9-12-2-1-3-13-9/h1-5H,11H2,(H,14,15)(H,12,13,16). The van der Waals surface area contributed by atoms with Crippen LogP contribution in [0, 0.1) is 0 Å². The summed E-state index contributed by atoms with van der Waals surface area (Å²) in [5, 5.41) is 0. The first-order valence-corrected chi connectivity index (χ1v) is 7.22. The third-order valence-corrected chi connectivity index (χ3v) is 3.81. The summed E-state index contributed by atoms with van der Waals surface area (Å²) in [6.07, 6.45) is 4.27. The molecule has 100 valence electrons. The molecule has 0 spiro atoms. The van der Waals surface area contributed by atoms with Gasteiger partial charge < -0.3 is 5.43 Å². The molecule has 0 aromatic carbocycles. The Hall–Kier alpha value is -1.78. The zero-order chi connectivity index (χ0) is 13.9. The second-order valence-electron chi connectivity index (χ2n) is 3.32. The molecule has 2 heterocycles. The van der Waals surface area contributed by atoms with Crippen molar-refractivity contribution in [2.45, 2.75) is 4.90 Å². The van der Waals surface area contributed by atoms with Gasteiger partial charge in [-0.05, 0) is 28.1 Å². The van der Waals surface area contributed by atoms with Crippen LogP contribution in [0.3, 0.4) is 0 Å². The number of rotatable bonds is 4. The lowest BCUT2D eigenvalue weighted by atomic mass is 10.5. The summed E-state index contributed by atoms with van der Waals surface area (Å²) in [5.41, 5.74) is 2.22. The van der Waals surface area contributed by atoms with Crippen molar-refractivity contribution in [1.29, 1.82) is 0 Å². The maximum absolute atomic E-state index is 12.2. The van der Waals surface area contributed by atoms with E-state index in [4.69, 9.17) is 5.84 Å². The molecular formula is C9H9BrN6O2S. The SMILES string of the molecule is NNc1ncc(Br)cc1S(=O)(=O)Nc1ncccn1. The Bertz CT molecular complexity index is 678. The number of hydrogen-bond acceptors (Lipinski definition) is 7. The number of nitrogen functional groups attached to an aromatic ring is 1. The Morgan fingerprint density at radius 2 is 1.89 bits per heavy atom. The summed E-state index contributed by atoms with van der Waals surface area (Å²) < 4.78 is 27.1. The maximum atomic E-state index is 12.2. The van der Waals surface area contributed by atoms with Crippen molar-refractivity contribution < 1.29 is 8.42 Å². The number of hydrogen-bond donors (Lipinski definition) is 3. The maximum Gasteiger partial charge on any atom is 0.267 e. The third-order valence-electron chi connectivity index (χ3n) is 2.04. The van der Waals surface area contributed by atoms with Gasteiger partial charge in [0.05, 0.1) is 0 Å². The van der Waals surface area contributed by atoms with Gasteiger partial charge in [0.2, 0.25) is 5.95 Å². The quantitative estimate of drug-likeness (QED) is 0.551. The van der Waals surface area contributed by atoms with E-state index in [-0.39, 0.29) is 16.7 Å². The highest BCUT2D eigenvalue weighted by molar-refractivity contribution is 9.10. The van der Waals surface area contributed by atoms with Crippen LogP contribution < -0.4 is 16.0 Å². The summed E-state index contributed by atoms with van der Waals surface area (Å²) >= 11 is 3.15. The first kappa shape index (κ1) is 13.6. The van der Waals surface area contributed by atoms with Crippen molar-refractivity contribution in [2.24, 2.45) is 5.84 Å². The fraction of sp³-hybridized carbons (Fsp3) is 0. The lowest BCUT2D eigenvalue weighted by molar-refractivity contribution is 0.600. The normalized spacial score (nSPS) is 11.1. The molecule has 0 saturated heterocycles. The molecular weight excluding hydrogens is 336 g/mol. The first-order valence-electron chi connectivity index (χ1n) is 4.95. The van der Waals surface area contributed by atoms with Crippen molar-refractivity contribution in [3.8, 4) is 0 Å². The van der Waals surface area contributed by atoms with Gasteiger partial charge in [-0.25, -0.2) is 33.9 Å². The molecule has 8 nitrogen and oxygen atoms in total. The molecule has 0 aliphatic heterocycles. The molecule has 0 bridgehead atoms. The molecule has 2 aromatic heterocycles. The van der Waals surface area contributed by atoms with Gasteiger partial charge in [0.15, 0.2) is 5.82 Å². The molecule has 2 rings (SSSR count). The lowest BCUT2D eigenvalue weighted by Gasteiger charge is -2.10. The van der Waals surface area contributed by atoms with E-state index in [0.29, 0.717) is 4.47 Å². The number of halogens is 1. The number of sulfonamides is 1. The minimum atomic E-state index is -3.89. The van der Waals surface area contributed by atoms with E-state index in [2.05, 4.69) is 41.0 Å². The molecule has 10 heteroatoms. The zero-order valence-electron chi connectivity index (χ0n) is 9.41. The molecule has 2 aromatic rings. The van der Waals surface area contributed by atoms with Crippen molar-refractivity contribution in [2.75, 3.05) is 10.1 Å². The number of nitrogens with one attached hydrogen (secondary N) is 2. The van der Waals surface area contributed by atoms with Crippen LogP contribution in [0.2, 0.25) is 0 Å². The Kier molecular flexibility index (Phi) is 3.93. The fourth-order valence-corrected chi connectivity index (χ4v) is 2.85. The van der Waals surface area contributed by atoms with Crippen molar-refractivity contribution >= 4 is 37.7 Å². The molecule has 0 fully saturated rings. The van der Waals surface area contributed by atoms with Crippen LogP contribution in [0.25, 0.3) is 0 Å². The number of aromatic nitrogens is 3. The number of anilines is 2. The molecule has 0 aliphatic carbocycles. The van der Waals surface area contributed by atoms with Gasteiger partial charge in [-0.3, -0.25) is 0 Å². The Labute approximate surface area is 117 Å². The van der Waals surface area contributed by atoms with Crippen LogP contribution in [-0.4, -0.2) is 23.4 Å². The van der Waals surface area contributed by atoms with E-state index in [1.54, 1.807) is 6.07 Å². The predicted octanol–water partition coefficient (Wildman–Crippen LogP) is 0.720. The van der Waals surface area contributed by atoms with Gasteiger partial charge in [0, 0.05) is 23.1 Å². The first-order chi connectivity index (χ1) is 9.03. The predicted molar refractivity (Wildman–Crippen MR) is 72.6 cm³/mol. The van der Waals surface area contributed by atoms with Crippen LogP contribution >= 0.6 is 15.9 Å². The highest BCUT2D eigenvalue weighted by Crippen LogP contribution is 2.23. The second kappa shape index (κ2) is 5.47.